The molecule has 1 aromatic rings. The second-order valence-corrected chi connectivity index (χ2v) is 4.77. The molecule has 1 aromatic carbocycles. The summed E-state index contributed by atoms with van der Waals surface area (Å²) in [6, 6.07) is 6.57. The number of rotatable bonds is 6. The van der Waals surface area contributed by atoms with E-state index in [2.05, 4.69) is 5.32 Å². The largest absolute Gasteiger partial charge is 0.508 e. The third-order valence-corrected chi connectivity index (χ3v) is 2.95. The smallest absolute Gasteiger partial charge is 0.242 e. The van der Waals surface area contributed by atoms with Gasteiger partial charge >= 0.3 is 0 Å². The van der Waals surface area contributed by atoms with Gasteiger partial charge in [-0.3, -0.25) is 10.1 Å². The molecular weight excluding hydrogens is 230 g/mol. The van der Waals surface area contributed by atoms with E-state index < -0.39 is 11.4 Å². The predicted octanol–water partition coefficient (Wildman–Crippen LogP) is 0.244. The van der Waals surface area contributed by atoms with Gasteiger partial charge in [-0.25, -0.2) is 0 Å². The number of carbonyl (C=O) groups is 1. The maximum atomic E-state index is 11.7. The number of phenols is 1. The molecule has 0 heterocycles. The molecule has 1 unspecified atom stereocenters. The van der Waals surface area contributed by atoms with Crippen LogP contribution in [-0.2, 0) is 10.3 Å². The number of carbonyl (C=O) groups excluding carboxylic acids is 1. The van der Waals surface area contributed by atoms with Gasteiger partial charge in [-0.05, 0) is 38.7 Å². The second kappa shape index (κ2) is 5.84. The standard InChI is InChI=1S/C13H21N3O2/c1-13(12(14)18,15-7-8-16(2)3)10-5-4-6-11(17)9-10/h4-6,9,15,17H,7-8H2,1-3H3,(H2,14,18). The number of nitrogens with one attached hydrogen (secondary N) is 1. The van der Waals surface area contributed by atoms with Gasteiger partial charge < -0.3 is 15.7 Å². The van der Waals surface area contributed by atoms with E-state index in [4.69, 9.17) is 5.73 Å². The third kappa shape index (κ3) is 3.45. The van der Waals surface area contributed by atoms with Crippen LogP contribution in [0.1, 0.15) is 12.5 Å². The minimum Gasteiger partial charge on any atom is -0.508 e. The van der Waals surface area contributed by atoms with Crippen LogP contribution in [0, 0.1) is 0 Å². The molecule has 0 bridgehead atoms. The molecule has 1 amide bonds. The Labute approximate surface area is 108 Å². The van der Waals surface area contributed by atoms with Gasteiger partial charge in [-0.15, -0.1) is 0 Å². The average Bonchev–Trinajstić information content (AvgIpc) is 2.28. The number of primary amides is 1. The number of benzene rings is 1. The molecular formula is C13H21N3O2. The fourth-order valence-corrected chi connectivity index (χ4v) is 1.68. The Balaban J connectivity index is 2.90. The molecule has 0 aliphatic heterocycles. The number of amides is 1. The van der Waals surface area contributed by atoms with Crippen LogP contribution >= 0.6 is 0 Å². The summed E-state index contributed by atoms with van der Waals surface area (Å²) in [6.45, 7) is 3.14. The Kier molecular flexibility index (Phi) is 4.69. The summed E-state index contributed by atoms with van der Waals surface area (Å²) in [5, 5.41) is 12.6. The first-order valence-corrected chi connectivity index (χ1v) is 5.85. The lowest BCUT2D eigenvalue weighted by molar-refractivity contribution is -0.124. The molecule has 0 aliphatic carbocycles. The van der Waals surface area contributed by atoms with E-state index in [0.717, 1.165) is 6.54 Å². The van der Waals surface area contributed by atoms with Crippen LogP contribution in [0.3, 0.4) is 0 Å². The Morgan fingerprint density at radius 2 is 2.17 bits per heavy atom. The molecule has 5 heteroatoms. The van der Waals surface area contributed by atoms with Gasteiger partial charge in [0.05, 0.1) is 0 Å². The van der Waals surface area contributed by atoms with Crippen molar-refractivity contribution in [3.05, 3.63) is 29.8 Å². The van der Waals surface area contributed by atoms with Crippen LogP contribution in [0.2, 0.25) is 0 Å². The molecule has 5 nitrogen and oxygen atoms in total. The van der Waals surface area contributed by atoms with E-state index in [0.29, 0.717) is 12.1 Å². The fourth-order valence-electron chi connectivity index (χ4n) is 1.68. The van der Waals surface area contributed by atoms with E-state index >= 15 is 0 Å². The molecule has 0 aromatic heterocycles. The third-order valence-electron chi connectivity index (χ3n) is 2.95. The maximum Gasteiger partial charge on any atom is 0.242 e. The van der Waals surface area contributed by atoms with Gasteiger partial charge in [0.15, 0.2) is 0 Å². The van der Waals surface area contributed by atoms with Gasteiger partial charge in [0, 0.05) is 13.1 Å². The number of likely N-dealkylation sites (N-methyl/N-ethyl adjacent to an activating group) is 1. The first-order valence-electron chi connectivity index (χ1n) is 5.85. The van der Waals surface area contributed by atoms with Crippen molar-refractivity contribution in [1.82, 2.24) is 10.2 Å². The van der Waals surface area contributed by atoms with Crippen LogP contribution in [0.25, 0.3) is 0 Å². The van der Waals surface area contributed by atoms with E-state index in [9.17, 15) is 9.90 Å². The summed E-state index contributed by atoms with van der Waals surface area (Å²) in [4.78, 5) is 13.7. The molecule has 0 aliphatic rings. The zero-order valence-corrected chi connectivity index (χ0v) is 11.1. The molecule has 1 atom stereocenters. The highest BCUT2D eigenvalue weighted by molar-refractivity contribution is 5.85. The predicted molar refractivity (Wildman–Crippen MR) is 71.2 cm³/mol. The van der Waals surface area contributed by atoms with Gasteiger partial charge in [-0.1, -0.05) is 12.1 Å². The summed E-state index contributed by atoms with van der Waals surface area (Å²) in [5.41, 5.74) is 5.16. The maximum absolute atomic E-state index is 11.7. The lowest BCUT2D eigenvalue weighted by atomic mass is 9.91. The second-order valence-electron chi connectivity index (χ2n) is 4.77. The molecule has 0 saturated carbocycles. The van der Waals surface area contributed by atoms with Crippen molar-refractivity contribution >= 4 is 5.91 Å². The molecule has 0 fully saturated rings. The summed E-state index contributed by atoms with van der Waals surface area (Å²) in [6.07, 6.45) is 0. The van der Waals surface area contributed by atoms with Gasteiger partial charge in [0.2, 0.25) is 5.91 Å². The summed E-state index contributed by atoms with van der Waals surface area (Å²) in [7, 11) is 3.91. The van der Waals surface area contributed by atoms with Crippen molar-refractivity contribution in [1.29, 1.82) is 0 Å². The van der Waals surface area contributed by atoms with E-state index in [1.54, 1.807) is 31.2 Å². The number of aromatic hydroxyl groups is 1. The van der Waals surface area contributed by atoms with Crippen LogP contribution in [0.15, 0.2) is 24.3 Å². The van der Waals surface area contributed by atoms with Crippen LogP contribution < -0.4 is 11.1 Å². The number of phenolic OH excluding ortho intramolecular Hbond substituents is 1. The quantitative estimate of drug-likeness (QED) is 0.677. The number of hydrogen-bond acceptors (Lipinski definition) is 4. The molecule has 0 radical (unpaired) electrons. The minimum absolute atomic E-state index is 0.120. The lowest BCUT2D eigenvalue weighted by Crippen LogP contribution is -2.51. The minimum atomic E-state index is -0.977. The van der Waals surface area contributed by atoms with Crippen LogP contribution in [0.5, 0.6) is 5.75 Å². The Morgan fingerprint density at radius 1 is 1.50 bits per heavy atom. The normalized spacial score (nSPS) is 14.4. The van der Waals surface area contributed by atoms with E-state index in [1.165, 1.54) is 0 Å². The lowest BCUT2D eigenvalue weighted by Gasteiger charge is -2.29. The summed E-state index contributed by atoms with van der Waals surface area (Å²) in [5.74, 6) is -0.346. The van der Waals surface area contributed by atoms with E-state index in [1.807, 2.05) is 19.0 Å². The Hall–Kier alpha value is -1.59. The zero-order chi connectivity index (χ0) is 13.8. The molecule has 0 saturated heterocycles. The summed E-state index contributed by atoms with van der Waals surface area (Å²) < 4.78 is 0. The average molecular weight is 251 g/mol. The number of nitrogens with zero attached hydrogens (tertiary/aromatic N) is 1. The number of nitrogens with two attached hydrogens (primary N) is 1. The van der Waals surface area contributed by atoms with Gasteiger partial charge in [0.25, 0.3) is 0 Å². The zero-order valence-electron chi connectivity index (χ0n) is 11.1. The Bertz CT molecular complexity index is 420. The molecule has 4 N–H and O–H groups in total. The van der Waals surface area contributed by atoms with Gasteiger partial charge in [-0.2, -0.15) is 0 Å². The van der Waals surface area contributed by atoms with Gasteiger partial charge in [0.1, 0.15) is 11.3 Å². The SMILES string of the molecule is CN(C)CCNC(C)(C(N)=O)c1cccc(O)c1. The van der Waals surface area contributed by atoms with Crippen LogP contribution in [-0.4, -0.2) is 43.1 Å². The van der Waals surface area contributed by atoms with Crippen molar-refractivity contribution in [3.63, 3.8) is 0 Å². The van der Waals surface area contributed by atoms with E-state index in [-0.39, 0.29) is 5.75 Å². The van der Waals surface area contributed by atoms with Crippen LogP contribution in [0.4, 0.5) is 0 Å². The molecule has 1 rings (SSSR count). The van der Waals surface area contributed by atoms with Crippen molar-refractivity contribution < 1.29 is 9.90 Å². The number of hydrogen-bond donors (Lipinski definition) is 3. The first-order chi connectivity index (χ1) is 8.36. The highest BCUT2D eigenvalue weighted by atomic mass is 16.3. The van der Waals surface area contributed by atoms with Crippen molar-refractivity contribution in [2.75, 3.05) is 27.2 Å². The highest BCUT2D eigenvalue weighted by Crippen LogP contribution is 2.23. The highest BCUT2D eigenvalue weighted by Gasteiger charge is 2.32. The van der Waals surface area contributed by atoms with Crippen molar-refractivity contribution in [3.8, 4) is 5.75 Å². The first kappa shape index (κ1) is 14.5. The Morgan fingerprint density at radius 3 is 2.67 bits per heavy atom. The fraction of sp³-hybridized carbons (Fsp3) is 0.462. The molecule has 18 heavy (non-hydrogen) atoms. The summed E-state index contributed by atoms with van der Waals surface area (Å²) >= 11 is 0. The topological polar surface area (TPSA) is 78.6 Å². The van der Waals surface area contributed by atoms with Crippen molar-refractivity contribution in [2.45, 2.75) is 12.5 Å². The monoisotopic (exact) mass is 251 g/mol. The molecule has 0 spiro atoms. The van der Waals surface area contributed by atoms with Crippen molar-refractivity contribution in [2.24, 2.45) is 5.73 Å². The molecule has 100 valence electrons.